The van der Waals surface area contributed by atoms with Crippen LogP contribution in [0.5, 0.6) is 0 Å². The second kappa shape index (κ2) is 11.1. The average Bonchev–Trinajstić information content (AvgIpc) is 2.79. The molecule has 6 nitrogen and oxygen atoms in total. The van der Waals surface area contributed by atoms with Crippen molar-refractivity contribution >= 4 is 40.8 Å². The molecule has 0 aromatic heterocycles. The van der Waals surface area contributed by atoms with Crippen molar-refractivity contribution in [3.8, 4) is 0 Å². The Bertz CT molecular complexity index is 864. The summed E-state index contributed by atoms with van der Waals surface area (Å²) in [4.78, 5) is 17.0. The van der Waals surface area contributed by atoms with Gasteiger partial charge in [-0.05, 0) is 23.8 Å². The van der Waals surface area contributed by atoms with Gasteiger partial charge >= 0.3 is 6.03 Å². The Hall–Kier alpha value is -1.93. The Morgan fingerprint density at radius 3 is 2.71 bits per heavy atom. The molecule has 0 bridgehead atoms. The summed E-state index contributed by atoms with van der Waals surface area (Å²) < 4.78 is 5.84. The van der Waals surface area contributed by atoms with E-state index in [0.717, 1.165) is 49.9 Å². The van der Waals surface area contributed by atoms with Gasteiger partial charge in [0.15, 0.2) is 0 Å². The van der Waals surface area contributed by atoms with Crippen molar-refractivity contribution < 1.29 is 9.53 Å². The first-order valence-electron chi connectivity index (χ1n) is 10.7. The zero-order chi connectivity index (χ0) is 21.5. The van der Waals surface area contributed by atoms with Crippen molar-refractivity contribution in [1.29, 1.82) is 0 Å². The summed E-state index contributed by atoms with van der Waals surface area (Å²) in [5.74, 6) is 2.23. The Labute approximate surface area is 193 Å². The highest BCUT2D eigenvalue weighted by atomic mass is 35.5. The minimum atomic E-state index is -0.248. The van der Waals surface area contributed by atoms with Gasteiger partial charge in [0.05, 0.1) is 23.4 Å². The van der Waals surface area contributed by atoms with Crippen molar-refractivity contribution in [2.24, 2.45) is 0 Å². The fourth-order valence-corrected chi connectivity index (χ4v) is 5.12. The predicted octanol–water partition coefficient (Wildman–Crippen LogP) is 3.92. The van der Waals surface area contributed by atoms with Crippen LogP contribution in [0.25, 0.3) is 0 Å². The van der Waals surface area contributed by atoms with Gasteiger partial charge in [-0.1, -0.05) is 41.9 Å². The molecule has 1 unspecified atom stereocenters. The van der Waals surface area contributed by atoms with Gasteiger partial charge in [0.2, 0.25) is 0 Å². The number of nitrogens with zero attached hydrogens (tertiary/aromatic N) is 2. The molecule has 2 N–H and O–H groups in total. The SMILES string of the molecule is O=C(NCC1CN(Cc2ccccc2)CCO1)Nc1ccc(N2CCSCC2)c(Cl)c1. The standard InChI is InChI=1S/C23H29ClN4O2S/c24-21-14-19(6-7-22(21)28-9-12-31-13-10-28)26-23(29)25-15-20-17-27(8-11-30-20)16-18-4-2-1-3-5-18/h1-7,14,20H,8-13,15-17H2,(H2,25,26,29). The second-order valence-electron chi connectivity index (χ2n) is 7.81. The average molecular weight is 461 g/mol. The van der Waals surface area contributed by atoms with E-state index in [1.165, 1.54) is 5.56 Å². The summed E-state index contributed by atoms with van der Waals surface area (Å²) in [6.45, 7) is 5.73. The van der Waals surface area contributed by atoms with Gasteiger partial charge in [-0.15, -0.1) is 0 Å². The van der Waals surface area contributed by atoms with Gasteiger partial charge in [0.25, 0.3) is 0 Å². The molecule has 0 aliphatic carbocycles. The maximum atomic E-state index is 12.4. The molecule has 2 saturated heterocycles. The van der Waals surface area contributed by atoms with Crippen molar-refractivity contribution in [3.05, 3.63) is 59.1 Å². The number of hydrogen-bond donors (Lipinski definition) is 2. The molecule has 0 radical (unpaired) electrons. The molecule has 0 spiro atoms. The van der Waals surface area contributed by atoms with E-state index in [4.69, 9.17) is 16.3 Å². The van der Waals surface area contributed by atoms with Crippen molar-refractivity contribution in [3.63, 3.8) is 0 Å². The molecule has 4 rings (SSSR count). The molecule has 2 aliphatic rings. The summed E-state index contributed by atoms with van der Waals surface area (Å²) in [5, 5.41) is 6.47. The largest absolute Gasteiger partial charge is 0.374 e. The number of benzene rings is 2. The smallest absolute Gasteiger partial charge is 0.319 e. The molecule has 166 valence electrons. The summed E-state index contributed by atoms with van der Waals surface area (Å²) in [6.07, 6.45) is -0.0221. The van der Waals surface area contributed by atoms with Crippen LogP contribution in [0, 0.1) is 0 Å². The number of carbonyl (C=O) groups excluding carboxylic acids is 1. The molecule has 0 saturated carbocycles. The number of hydrogen-bond acceptors (Lipinski definition) is 5. The van der Waals surface area contributed by atoms with Crippen molar-refractivity contribution in [2.45, 2.75) is 12.6 Å². The maximum absolute atomic E-state index is 12.4. The molecule has 2 aliphatic heterocycles. The number of halogens is 1. The zero-order valence-electron chi connectivity index (χ0n) is 17.6. The fourth-order valence-electron chi connectivity index (χ4n) is 3.92. The molecule has 1 atom stereocenters. The molecule has 2 heterocycles. The van der Waals surface area contributed by atoms with Crippen molar-refractivity contribution in [1.82, 2.24) is 10.2 Å². The number of thioether (sulfide) groups is 1. The number of amides is 2. The molecule has 2 aromatic rings. The third-order valence-corrected chi connectivity index (χ3v) is 6.76. The van der Waals surface area contributed by atoms with Gasteiger partial charge < -0.3 is 20.3 Å². The first-order valence-corrected chi connectivity index (χ1v) is 12.3. The van der Waals surface area contributed by atoms with E-state index in [2.05, 4.69) is 44.7 Å². The molecule has 2 fully saturated rings. The van der Waals surface area contributed by atoms with Crippen LogP contribution in [-0.4, -0.2) is 67.9 Å². The van der Waals surface area contributed by atoms with Crippen LogP contribution in [0.2, 0.25) is 5.02 Å². The maximum Gasteiger partial charge on any atom is 0.319 e. The number of rotatable bonds is 6. The zero-order valence-corrected chi connectivity index (χ0v) is 19.1. The number of urea groups is 1. The van der Waals surface area contributed by atoms with Crippen LogP contribution in [0.3, 0.4) is 0 Å². The van der Waals surface area contributed by atoms with Crippen molar-refractivity contribution in [2.75, 3.05) is 61.1 Å². The van der Waals surface area contributed by atoms with Crippen LogP contribution in [0.1, 0.15) is 5.56 Å². The van der Waals surface area contributed by atoms with E-state index in [1.54, 1.807) is 0 Å². The Kier molecular flexibility index (Phi) is 7.97. The van der Waals surface area contributed by atoms with Gasteiger partial charge in [0.1, 0.15) is 0 Å². The highest BCUT2D eigenvalue weighted by Gasteiger charge is 2.21. The molecular formula is C23H29ClN4O2S. The van der Waals surface area contributed by atoms with Crippen LogP contribution >= 0.6 is 23.4 Å². The third-order valence-electron chi connectivity index (χ3n) is 5.52. The fraction of sp³-hybridized carbons (Fsp3) is 0.435. The van der Waals surface area contributed by atoms with Crippen LogP contribution in [0.4, 0.5) is 16.2 Å². The van der Waals surface area contributed by atoms with Gasteiger partial charge in [-0.25, -0.2) is 4.79 Å². The van der Waals surface area contributed by atoms with Crippen LogP contribution < -0.4 is 15.5 Å². The topological polar surface area (TPSA) is 56.8 Å². The van der Waals surface area contributed by atoms with E-state index in [1.807, 2.05) is 36.0 Å². The summed E-state index contributed by atoms with van der Waals surface area (Å²) in [6, 6.07) is 15.9. The third kappa shape index (κ3) is 6.53. The van der Waals surface area contributed by atoms with Crippen LogP contribution in [0.15, 0.2) is 48.5 Å². The first-order chi connectivity index (χ1) is 15.2. The lowest BCUT2D eigenvalue weighted by molar-refractivity contribution is -0.0285. The van der Waals surface area contributed by atoms with E-state index in [0.29, 0.717) is 23.9 Å². The summed E-state index contributed by atoms with van der Waals surface area (Å²) in [7, 11) is 0. The van der Waals surface area contributed by atoms with E-state index in [-0.39, 0.29) is 12.1 Å². The lowest BCUT2D eigenvalue weighted by atomic mass is 10.2. The van der Waals surface area contributed by atoms with Gasteiger partial charge in [-0.2, -0.15) is 11.8 Å². The lowest BCUT2D eigenvalue weighted by Gasteiger charge is -2.33. The molecule has 8 heteroatoms. The highest BCUT2D eigenvalue weighted by Crippen LogP contribution is 2.30. The predicted molar refractivity (Wildman–Crippen MR) is 129 cm³/mol. The number of nitrogens with one attached hydrogen (secondary N) is 2. The number of morpholine rings is 1. The highest BCUT2D eigenvalue weighted by molar-refractivity contribution is 7.99. The Balaban J connectivity index is 1.24. The monoisotopic (exact) mass is 460 g/mol. The summed E-state index contributed by atoms with van der Waals surface area (Å²) >= 11 is 8.45. The minimum absolute atomic E-state index is 0.0221. The van der Waals surface area contributed by atoms with Gasteiger partial charge in [0, 0.05) is 56.5 Å². The van der Waals surface area contributed by atoms with Gasteiger partial charge in [-0.3, -0.25) is 4.90 Å². The summed E-state index contributed by atoms with van der Waals surface area (Å²) in [5.41, 5.74) is 3.01. The molecule has 2 amide bonds. The Morgan fingerprint density at radius 1 is 1.13 bits per heavy atom. The quantitative estimate of drug-likeness (QED) is 0.684. The minimum Gasteiger partial charge on any atom is -0.374 e. The molecule has 2 aromatic carbocycles. The molecular weight excluding hydrogens is 432 g/mol. The number of carbonyl (C=O) groups is 1. The normalized spacial score (nSPS) is 19.8. The molecule has 31 heavy (non-hydrogen) atoms. The Morgan fingerprint density at radius 2 is 1.94 bits per heavy atom. The van der Waals surface area contributed by atoms with E-state index < -0.39 is 0 Å². The lowest BCUT2D eigenvalue weighted by Crippen LogP contribution is -2.47. The second-order valence-corrected chi connectivity index (χ2v) is 9.45. The van der Waals surface area contributed by atoms with Crippen LogP contribution in [-0.2, 0) is 11.3 Å². The van der Waals surface area contributed by atoms with E-state index >= 15 is 0 Å². The number of anilines is 2. The number of ether oxygens (including phenoxy) is 1. The first kappa shape index (κ1) is 22.3. The van der Waals surface area contributed by atoms with E-state index in [9.17, 15) is 4.79 Å².